The third-order valence-corrected chi connectivity index (χ3v) is 4.72. The number of nitrogens with one attached hydrogen (secondary N) is 1. The summed E-state index contributed by atoms with van der Waals surface area (Å²) in [6.45, 7) is 3.86. The van der Waals surface area contributed by atoms with Crippen LogP contribution in [0.5, 0.6) is 0 Å². The third kappa shape index (κ3) is 4.29. The zero-order valence-corrected chi connectivity index (χ0v) is 16.5. The Balaban J connectivity index is 1.99. The number of aromatic nitrogens is 2. The number of benzene rings is 2. The molecule has 0 unspecified atom stereocenters. The van der Waals surface area contributed by atoms with E-state index in [9.17, 15) is 14.4 Å². The first-order chi connectivity index (χ1) is 13.9. The van der Waals surface area contributed by atoms with E-state index in [2.05, 4.69) is 5.32 Å². The van der Waals surface area contributed by atoms with E-state index in [0.717, 1.165) is 21.4 Å². The number of nitrogens with zero attached hydrogens (tertiary/aromatic N) is 2. The lowest BCUT2D eigenvalue weighted by molar-refractivity contribution is 0.100. The molecule has 7 nitrogen and oxygen atoms in total. The quantitative estimate of drug-likeness (QED) is 0.601. The number of hydrogen-bond donors (Lipinski definition) is 2. The van der Waals surface area contributed by atoms with Crippen molar-refractivity contribution in [3.63, 3.8) is 0 Å². The molecule has 7 heteroatoms. The average Bonchev–Trinajstić information content (AvgIpc) is 2.71. The van der Waals surface area contributed by atoms with Crippen molar-refractivity contribution in [3.05, 3.63) is 92.1 Å². The molecule has 150 valence electrons. The fourth-order valence-corrected chi connectivity index (χ4v) is 3.20. The summed E-state index contributed by atoms with van der Waals surface area (Å²) in [6.07, 6.45) is 0. The predicted molar refractivity (Wildman–Crippen MR) is 115 cm³/mol. The summed E-state index contributed by atoms with van der Waals surface area (Å²) in [5, 5.41) is 3.02. The second kappa shape index (κ2) is 8.60. The summed E-state index contributed by atoms with van der Waals surface area (Å²) < 4.78 is 2.32. The highest BCUT2D eigenvalue weighted by Crippen LogP contribution is 2.12. The van der Waals surface area contributed by atoms with E-state index < -0.39 is 17.0 Å². The molecule has 0 saturated heterocycles. The van der Waals surface area contributed by atoms with Crippen molar-refractivity contribution in [2.45, 2.75) is 26.9 Å². The zero-order valence-electron chi connectivity index (χ0n) is 16.5. The molecule has 0 fully saturated rings. The lowest BCUT2D eigenvalue weighted by atomic mass is 10.1. The Morgan fingerprint density at radius 2 is 1.76 bits per heavy atom. The Morgan fingerprint density at radius 1 is 1.03 bits per heavy atom. The van der Waals surface area contributed by atoms with Crippen molar-refractivity contribution < 1.29 is 4.79 Å². The number of carbonyl (C=O) groups excluding carboxylic acids is 1. The van der Waals surface area contributed by atoms with Crippen LogP contribution in [0.2, 0.25) is 0 Å². The Bertz CT molecular complexity index is 1150. The largest absolute Gasteiger partial charge is 0.384 e. The van der Waals surface area contributed by atoms with Crippen LogP contribution in [0.4, 0.5) is 11.5 Å². The molecule has 0 saturated carbocycles. The number of nitrogens with two attached hydrogens (primary N) is 1. The van der Waals surface area contributed by atoms with Crippen molar-refractivity contribution in [3.8, 4) is 0 Å². The molecule has 29 heavy (non-hydrogen) atoms. The standard InChI is InChI=1S/C22H24N4O3/c1-3-25-21(28)19(18(27)13-24-17-11-7-8-15(2)12-17)20(23)26(22(25)29)14-16-9-5-4-6-10-16/h4-12,24H,3,13-14,23H2,1-2H3. The number of carbonyl (C=O) groups is 1. The van der Waals surface area contributed by atoms with Crippen LogP contribution in [0.1, 0.15) is 28.4 Å². The van der Waals surface area contributed by atoms with Crippen LogP contribution >= 0.6 is 0 Å². The third-order valence-electron chi connectivity index (χ3n) is 4.72. The van der Waals surface area contributed by atoms with Crippen molar-refractivity contribution in [2.75, 3.05) is 17.6 Å². The molecule has 3 N–H and O–H groups in total. The Hall–Kier alpha value is -3.61. The van der Waals surface area contributed by atoms with E-state index in [1.165, 1.54) is 4.57 Å². The zero-order chi connectivity index (χ0) is 21.0. The van der Waals surface area contributed by atoms with E-state index in [0.29, 0.717) is 0 Å². The maximum absolute atomic E-state index is 12.9. The summed E-state index contributed by atoms with van der Waals surface area (Å²) in [5.41, 5.74) is 7.47. The lowest BCUT2D eigenvalue weighted by Crippen LogP contribution is -2.44. The molecule has 0 amide bonds. The smallest absolute Gasteiger partial charge is 0.332 e. The lowest BCUT2D eigenvalue weighted by Gasteiger charge is -2.16. The van der Waals surface area contributed by atoms with Gasteiger partial charge >= 0.3 is 5.69 Å². The second-order valence-electron chi connectivity index (χ2n) is 6.81. The molecule has 0 bridgehead atoms. The van der Waals surface area contributed by atoms with Crippen molar-refractivity contribution in [1.29, 1.82) is 0 Å². The van der Waals surface area contributed by atoms with Gasteiger partial charge in [-0.05, 0) is 37.1 Å². The van der Waals surface area contributed by atoms with Gasteiger partial charge in [0.1, 0.15) is 11.4 Å². The van der Waals surface area contributed by atoms with Gasteiger partial charge < -0.3 is 11.1 Å². The highest BCUT2D eigenvalue weighted by Gasteiger charge is 2.22. The number of anilines is 2. The van der Waals surface area contributed by atoms with Gasteiger partial charge in [-0.1, -0.05) is 42.5 Å². The normalized spacial score (nSPS) is 10.7. The molecule has 3 rings (SSSR count). The number of ketones is 1. The van der Waals surface area contributed by atoms with Gasteiger partial charge in [-0.25, -0.2) is 4.79 Å². The van der Waals surface area contributed by atoms with Crippen LogP contribution in [0.25, 0.3) is 0 Å². The molecule has 2 aromatic carbocycles. The first-order valence-electron chi connectivity index (χ1n) is 9.43. The SMILES string of the molecule is CCn1c(=O)c(C(=O)CNc2cccc(C)c2)c(N)n(Cc2ccccc2)c1=O. The number of aryl methyl sites for hydroxylation is 1. The number of nitrogen functional groups attached to an aromatic ring is 1. The van der Waals surface area contributed by atoms with Crippen molar-refractivity contribution in [2.24, 2.45) is 0 Å². The van der Waals surface area contributed by atoms with E-state index in [1.807, 2.05) is 61.5 Å². The van der Waals surface area contributed by atoms with Crippen LogP contribution in [0, 0.1) is 6.92 Å². The summed E-state index contributed by atoms with van der Waals surface area (Å²) in [5.74, 6) is -0.567. The van der Waals surface area contributed by atoms with Gasteiger partial charge in [0.25, 0.3) is 5.56 Å². The van der Waals surface area contributed by atoms with Gasteiger partial charge in [-0.3, -0.25) is 18.7 Å². The van der Waals surface area contributed by atoms with Gasteiger partial charge in [0.2, 0.25) is 0 Å². The number of Topliss-reactive ketones (excluding diaryl/α,β-unsaturated/α-hetero) is 1. The van der Waals surface area contributed by atoms with Gasteiger partial charge in [0.15, 0.2) is 5.78 Å². The van der Waals surface area contributed by atoms with Crippen LogP contribution in [-0.4, -0.2) is 21.5 Å². The highest BCUT2D eigenvalue weighted by atomic mass is 16.2. The fraction of sp³-hybridized carbons (Fsp3) is 0.227. The first kappa shape index (κ1) is 20.1. The fourth-order valence-electron chi connectivity index (χ4n) is 3.20. The minimum absolute atomic E-state index is 0.101. The topological polar surface area (TPSA) is 99.1 Å². The molecule has 0 aliphatic carbocycles. The summed E-state index contributed by atoms with van der Waals surface area (Å²) in [4.78, 5) is 38.4. The second-order valence-corrected chi connectivity index (χ2v) is 6.81. The molecule has 1 heterocycles. The van der Waals surface area contributed by atoms with Gasteiger partial charge in [0, 0.05) is 12.2 Å². The van der Waals surface area contributed by atoms with Crippen LogP contribution in [0.15, 0.2) is 64.2 Å². The van der Waals surface area contributed by atoms with Gasteiger partial charge in [-0.2, -0.15) is 0 Å². The molecule has 0 atom stereocenters. The highest BCUT2D eigenvalue weighted by molar-refractivity contribution is 6.02. The Kier molecular flexibility index (Phi) is 5.97. The number of rotatable bonds is 7. The number of hydrogen-bond acceptors (Lipinski definition) is 5. The Morgan fingerprint density at radius 3 is 2.41 bits per heavy atom. The molecule has 1 aromatic heterocycles. The molecular weight excluding hydrogens is 368 g/mol. The molecule has 0 radical (unpaired) electrons. The molecule has 0 aliphatic heterocycles. The van der Waals surface area contributed by atoms with Crippen molar-refractivity contribution in [1.82, 2.24) is 9.13 Å². The minimum atomic E-state index is -0.657. The van der Waals surface area contributed by atoms with Crippen molar-refractivity contribution >= 4 is 17.3 Å². The Labute approximate surface area is 168 Å². The molecular formula is C22H24N4O3. The average molecular weight is 392 g/mol. The van der Waals surface area contributed by atoms with Crippen LogP contribution < -0.4 is 22.3 Å². The van der Waals surface area contributed by atoms with E-state index in [1.54, 1.807) is 6.92 Å². The van der Waals surface area contributed by atoms with E-state index in [4.69, 9.17) is 5.73 Å². The molecule has 0 spiro atoms. The van der Waals surface area contributed by atoms with E-state index >= 15 is 0 Å². The monoisotopic (exact) mass is 392 g/mol. The summed E-state index contributed by atoms with van der Waals surface area (Å²) in [7, 11) is 0. The predicted octanol–water partition coefficient (Wildman–Crippen LogP) is 2.26. The van der Waals surface area contributed by atoms with E-state index in [-0.39, 0.29) is 31.0 Å². The van der Waals surface area contributed by atoms with Crippen LogP contribution in [-0.2, 0) is 13.1 Å². The first-order valence-corrected chi connectivity index (χ1v) is 9.43. The summed E-state index contributed by atoms with van der Waals surface area (Å²) in [6, 6.07) is 16.8. The van der Waals surface area contributed by atoms with Gasteiger partial charge in [0.05, 0.1) is 13.1 Å². The molecule has 0 aliphatic rings. The minimum Gasteiger partial charge on any atom is -0.384 e. The van der Waals surface area contributed by atoms with Crippen LogP contribution in [0.3, 0.4) is 0 Å². The summed E-state index contributed by atoms with van der Waals surface area (Å²) >= 11 is 0. The maximum atomic E-state index is 12.9. The molecule has 3 aromatic rings. The van der Waals surface area contributed by atoms with Gasteiger partial charge in [-0.15, -0.1) is 0 Å². The maximum Gasteiger partial charge on any atom is 0.332 e.